The third-order valence-corrected chi connectivity index (χ3v) is 4.82. The number of nitrogens with zero attached hydrogens (tertiary/aromatic N) is 1. The van der Waals surface area contributed by atoms with Crippen molar-refractivity contribution < 1.29 is 23.5 Å². The molecule has 0 saturated carbocycles. The van der Waals surface area contributed by atoms with Crippen LogP contribution in [0.15, 0.2) is 47.8 Å². The zero-order valence-electron chi connectivity index (χ0n) is 16.7. The van der Waals surface area contributed by atoms with Gasteiger partial charge in [0.25, 0.3) is 5.91 Å². The van der Waals surface area contributed by atoms with E-state index >= 15 is 0 Å². The maximum Gasteiger partial charge on any atom is 0.257 e. The summed E-state index contributed by atoms with van der Waals surface area (Å²) < 4.78 is 18.2. The fourth-order valence-corrected chi connectivity index (χ4v) is 3.37. The molecule has 0 aliphatic rings. The van der Waals surface area contributed by atoms with E-state index in [2.05, 4.69) is 20.9 Å². The fraction of sp³-hybridized carbons (Fsp3) is 0.143. The van der Waals surface area contributed by atoms with Crippen molar-refractivity contribution in [1.82, 2.24) is 4.98 Å². The smallest absolute Gasteiger partial charge is 0.257 e. The third-order valence-electron chi connectivity index (χ3n) is 4.01. The van der Waals surface area contributed by atoms with Crippen molar-refractivity contribution in [3.8, 4) is 5.75 Å². The number of ether oxygens (including phenoxy) is 1. The molecule has 8 nitrogen and oxygen atoms in total. The number of anilines is 3. The predicted molar refractivity (Wildman–Crippen MR) is 116 cm³/mol. The third kappa shape index (κ3) is 6.09. The van der Waals surface area contributed by atoms with E-state index in [1.807, 2.05) is 0 Å². The molecule has 2 aromatic carbocycles. The van der Waals surface area contributed by atoms with Gasteiger partial charge in [0.05, 0.1) is 24.9 Å². The molecule has 0 fully saturated rings. The average Bonchev–Trinajstić information content (AvgIpc) is 3.14. The lowest BCUT2D eigenvalue weighted by Crippen LogP contribution is -2.16. The molecule has 0 spiro atoms. The molecule has 3 amide bonds. The normalized spacial score (nSPS) is 10.3. The van der Waals surface area contributed by atoms with Crippen LogP contribution in [0.2, 0.25) is 0 Å². The highest BCUT2D eigenvalue weighted by atomic mass is 32.1. The summed E-state index contributed by atoms with van der Waals surface area (Å²) in [4.78, 5) is 40.1. The molecule has 0 aliphatic carbocycles. The van der Waals surface area contributed by atoms with Gasteiger partial charge >= 0.3 is 0 Å². The lowest BCUT2D eigenvalue weighted by molar-refractivity contribution is -0.116. The summed E-state index contributed by atoms with van der Waals surface area (Å²) in [6, 6.07) is 10.0. The van der Waals surface area contributed by atoms with Crippen LogP contribution in [0.25, 0.3) is 0 Å². The minimum atomic E-state index is -0.432. The number of benzene rings is 2. The Balaban J connectivity index is 1.63. The monoisotopic (exact) mass is 442 g/mol. The molecular formula is C21H19FN4O4S. The van der Waals surface area contributed by atoms with Crippen LogP contribution < -0.4 is 20.7 Å². The molecule has 31 heavy (non-hydrogen) atoms. The molecule has 1 aromatic heterocycles. The molecule has 3 aromatic rings. The van der Waals surface area contributed by atoms with Gasteiger partial charge in [0.2, 0.25) is 11.8 Å². The minimum absolute atomic E-state index is 0.0313. The van der Waals surface area contributed by atoms with Crippen molar-refractivity contribution in [2.75, 3.05) is 23.1 Å². The minimum Gasteiger partial charge on any atom is -0.495 e. The number of halogens is 1. The van der Waals surface area contributed by atoms with Gasteiger partial charge in [-0.15, -0.1) is 11.3 Å². The summed E-state index contributed by atoms with van der Waals surface area (Å²) in [7, 11) is 1.47. The van der Waals surface area contributed by atoms with Gasteiger partial charge in [-0.05, 0) is 42.5 Å². The van der Waals surface area contributed by atoms with Crippen molar-refractivity contribution in [3.63, 3.8) is 0 Å². The van der Waals surface area contributed by atoms with Crippen LogP contribution in [-0.2, 0) is 16.0 Å². The first kappa shape index (κ1) is 21.9. The average molecular weight is 442 g/mol. The summed E-state index contributed by atoms with van der Waals surface area (Å²) in [5.41, 5.74) is 1.68. The molecule has 0 unspecified atom stereocenters. The molecule has 0 bridgehead atoms. The highest BCUT2D eigenvalue weighted by Gasteiger charge is 2.14. The molecule has 10 heteroatoms. The topological polar surface area (TPSA) is 109 Å². The van der Waals surface area contributed by atoms with Crippen LogP contribution >= 0.6 is 11.3 Å². The standard InChI is InChI=1S/C21H19FN4O4S/c1-12(27)23-15-7-8-18(30-2)17(9-15)25-19(28)10-16-11-31-21(24-16)26-20(29)13-3-5-14(22)6-4-13/h3-9,11H,10H2,1-2H3,(H,23,27)(H,25,28)(H,24,26,29). The number of methoxy groups -OCH3 is 1. The zero-order valence-corrected chi connectivity index (χ0v) is 17.5. The van der Waals surface area contributed by atoms with E-state index in [1.165, 1.54) is 49.6 Å². The van der Waals surface area contributed by atoms with Crippen molar-refractivity contribution in [2.45, 2.75) is 13.3 Å². The Kier molecular flexibility index (Phi) is 6.93. The Morgan fingerprint density at radius 1 is 1.06 bits per heavy atom. The van der Waals surface area contributed by atoms with E-state index < -0.39 is 11.7 Å². The van der Waals surface area contributed by atoms with Crippen LogP contribution in [0, 0.1) is 5.82 Å². The van der Waals surface area contributed by atoms with Gasteiger partial charge in [0.1, 0.15) is 11.6 Å². The Bertz CT molecular complexity index is 1110. The predicted octanol–water partition coefficient (Wildman–Crippen LogP) is 3.68. The molecule has 1 heterocycles. The van der Waals surface area contributed by atoms with Crippen LogP contribution in [0.1, 0.15) is 23.0 Å². The van der Waals surface area contributed by atoms with Gasteiger partial charge in [-0.3, -0.25) is 19.7 Å². The number of aromatic nitrogens is 1. The molecule has 0 radical (unpaired) electrons. The Hall–Kier alpha value is -3.79. The zero-order chi connectivity index (χ0) is 22.4. The number of carbonyl (C=O) groups excluding carboxylic acids is 3. The highest BCUT2D eigenvalue weighted by Crippen LogP contribution is 2.28. The van der Waals surface area contributed by atoms with Gasteiger partial charge in [0.15, 0.2) is 5.13 Å². The quantitative estimate of drug-likeness (QED) is 0.517. The summed E-state index contributed by atoms with van der Waals surface area (Å²) >= 11 is 1.17. The van der Waals surface area contributed by atoms with Crippen molar-refractivity contribution in [2.24, 2.45) is 0 Å². The second-order valence-corrected chi connectivity index (χ2v) is 7.28. The van der Waals surface area contributed by atoms with E-state index in [1.54, 1.807) is 23.6 Å². The number of carbonyl (C=O) groups is 3. The first-order valence-corrected chi connectivity index (χ1v) is 9.99. The van der Waals surface area contributed by atoms with Crippen LogP contribution in [0.5, 0.6) is 5.75 Å². The summed E-state index contributed by atoms with van der Waals surface area (Å²) in [6.07, 6.45) is -0.0313. The molecule has 3 N–H and O–H groups in total. The summed E-state index contributed by atoms with van der Waals surface area (Å²) in [5.74, 6) is -1.00. The van der Waals surface area contributed by atoms with E-state index in [4.69, 9.17) is 4.74 Å². The number of nitrogens with one attached hydrogen (secondary N) is 3. The van der Waals surface area contributed by atoms with E-state index in [0.717, 1.165) is 0 Å². The maximum atomic E-state index is 13.0. The fourth-order valence-electron chi connectivity index (χ4n) is 2.66. The number of hydrogen-bond acceptors (Lipinski definition) is 6. The Labute approximate surface area is 181 Å². The van der Waals surface area contributed by atoms with Gasteiger partial charge < -0.3 is 15.4 Å². The van der Waals surface area contributed by atoms with Gasteiger partial charge in [-0.2, -0.15) is 0 Å². The van der Waals surface area contributed by atoms with Crippen molar-refractivity contribution >= 4 is 45.6 Å². The summed E-state index contributed by atoms with van der Waals surface area (Å²) in [6.45, 7) is 1.39. The molecule has 0 saturated heterocycles. The highest BCUT2D eigenvalue weighted by molar-refractivity contribution is 7.14. The summed E-state index contributed by atoms with van der Waals surface area (Å²) in [5, 5.41) is 9.97. The van der Waals surface area contributed by atoms with Gasteiger partial charge in [-0.25, -0.2) is 9.37 Å². The Morgan fingerprint density at radius 2 is 1.81 bits per heavy atom. The number of thiazole rings is 1. The van der Waals surface area contributed by atoms with Gasteiger partial charge in [-0.1, -0.05) is 0 Å². The second-order valence-electron chi connectivity index (χ2n) is 6.43. The SMILES string of the molecule is COc1ccc(NC(C)=O)cc1NC(=O)Cc1csc(NC(=O)c2ccc(F)cc2)n1. The number of hydrogen-bond donors (Lipinski definition) is 3. The van der Waals surface area contributed by atoms with Crippen molar-refractivity contribution in [3.05, 3.63) is 64.9 Å². The number of rotatable bonds is 7. The van der Waals surface area contributed by atoms with Crippen LogP contribution in [0.3, 0.4) is 0 Å². The molecule has 0 atom stereocenters. The van der Waals surface area contributed by atoms with E-state index in [-0.39, 0.29) is 18.2 Å². The first-order valence-electron chi connectivity index (χ1n) is 9.11. The first-order chi connectivity index (χ1) is 14.8. The molecule has 160 valence electrons. The van der Waals surface area contributed by atoms with Crippen molar-refractivity contribution in [1.29, 1.82) is 0 Å². The van der Waals surface area contributed by atoms with Crippen LogP contribution in [0.4, 0.5) is 20.9 Å². The molecule has 0 aliphatic heterocycles. The second kappa shape index (κ2) is 9.81. The van der Waals surface area contributed by atoms with Gasteiger partial charge in [0, 0.05) is 23.6 Å². The largest absolute Gasteiger partial charge is 0.495 e. The lowest BCUT2D eigenvalue weighted by atomic mass is 10.2. The lowest BCUT2D eigenvalue weighted by Gasteiger charge is -2.12. The molecule has 3 rings (SSSR count). The van der Waals surface area contributed by atoms with E-state index in [0.29, 0.717) is 33.5 Å². The Morgan fingerprint density at radius 3 is 2.48 bits per heavy atom. The van der Waals surface area contributed by atoms with E-state index in [9.17, 15) is 18.8 Å². The maximum absolute atomic E-state index is 13.0. The van der Waals surface area contributed by atoms with Crippen LogP contribution in [-0.4, -0.2) is 29.8 Å². The molecular weight excluding hydrogens is 423 g/mol. The number of amides is 3.